The molecule has 74 valence electrons. The molecule has 1 atom stereocenters. The van der Waals surface area contributed by atoms with Crippen LogP contribution in [0.3, 0.4) is 0 Å². The summed E-state index contributed by atoms with van der Waals surface area (Å²) in [7, 11) is 1.70. The fraction of sp³-hybridized carbons (Fsp3) is 1.00. The normalized spacial score (nSPS) is 12.0. The van der Waals surface area contributed by atoms with E-state index in [9.17, 15) is 0 Å². The van der Waals surface area contributed by atoms with Crippen LogP contribution < -0.4 is 0 Å². The monoisotopic (exact) mass is 206 g/mol. The van der Waals surface area contributed by atoms with Crippen LogP contribution in [0.5, 0.6) is 0 Å². The molecule has 0 spiro atoms. The van der Waals surface area contributed by atoms with Gasteiger partial charge in [-0.1, -0.05) is 40.0 Å². The molecule has 0 aromatic carbocycles. The molecule has 0 aliphatic rings. The van der Waals surface area contributed by atoms with Crippen LogP contribution in [0.25, 0.3) is 0 Å². The van der Waals surface area contributed by atoms with Crippen LogP contribution >= 0.6 is 16.5 Å². The summed E-state index contributed by atoms with van der Waals surface area (Å²) in [6.07, 6.45) is 8.73. The Morgan fingerprint density at radius 1 is 0.917 bits per heavy atom. The Hall–Kier alpha value is 0.860. The lowest BCUT2D eigenvalue weighted by atomic mass is 10.6. The summed E-state index contributed by atoms with van der Waals surface area (Å²) in [6, 6.07) is 0. The summed E-state index contributed by atoms with van der Waals surface area (Å²) in [5.74, 6) is 1.57. The first-order valence-corrected chi connectivity index (χ1v) is 8.59. The second kappa shape index (κ2) is 9.94. The van der Waals surface area contributed by atoms with Crippen molar-refractivity contribution in [2.24, 2.45) is 0 Å². The van der Waals surface area contributed by atoms with Gasteiger partial charge in [0.25, 0.3) is 0 Å². The van der Waals surface area contributed by atoms with E-state index in [0.717, 1.165) is 0 Å². The van der Waals surface area contributed by atoms with Gasteiger partial charge in [-0.05, 0) is 24.4 Å². The van der Waals surface area contributed by atoms with Crippen LogP contribution in [0.15, 0.2) is 0 Å². The maximum absolute atomic E-state index is 2.33. The molecule has 0 saturated carbocycles. The van der Waals surface area contributed by atoms with Crippen molar-refractivity contribution in [3.8, 4) is 0 Å². The summed E-state index contributed by atoms with van der Waals surface area (Å²) in [4.78, 5) is 0. The zero-order chi connectivity index (χ0) is 9.23. The Morgan fingerprint density at radius 3 is 1.92 bits per heavy atom. The number of rotatable bonds is 8. The second-order valence-corrected chi connectivity index (χ2v) is 7.78. The highest BCUT2D eigenvalue weighted by Gasteiger charge is 2.03. The molecule has 0 bridgehead atoms. The van der Waals surface area contributed by atoms with Gasteiger partial charge in [0.15, 0.2) is 0 Å². The quantitative estimate of drug-likeness (QED) is 0.409. The standard InChI is InChI=1S/C10H24P2/c1-4-7-11-10-12(8-5-2)9-6-3/h11H,4-10H2,1-3H3. The van der Waals surface area contributed by atoms with Gasteiger partial charge in [-0.15, -0.1) is 16.5 Å². The van der Waals surface area contributed by atoms with Crippen molar-refractivity contribution in [3.05, 3.63) is 0 Å². The molecule has 1 unspecified atom stereocenters. The van der Waals surface area contributed by atoms with E-state index in [-0.39, 0.29) is 0 Å². The van der Waals surface area contributed by atoms with Gasteiger partial charge in [-0.2, -0.15) is 0 Å². The molecule has 0 fully saturated rings. The summed E-state index contributed by atoms with van der Waals surface area (Å²) in [5, 5.41) is 0. The van der Waals surface area contributed by atoms with Gasteiger partial charge in [0, 0.05) is 0 Å². The van der Waals surface area contributed by atoms with E-state index in [1.54, 1.807) is 5.90 Å². The third-order valence-corrected chi connectivity index (χ3v) is 7.54. The highest BCUT2D eigenvalue weighted by Crippen LogP contribution is 2.42. The van der Waals surface area contributed by atoms with Gasteiger partial charge in [0.1, 0.15) is 0 Å². The molecule has 0 saturated heterocycles. The largest absolute Gasteiger partial charge is 0.118 e. The van der Waals surface area contributed by atoms with E-state index >= 15 is 0 Å². The lowest BCUT2D eigenvalue weighted by molar-refractivity contribution is 1.05. The molecule has 0 aromatic heterocycles. The molecule has 0 aliphatic carbocycles. The van der Waals surface area contributed by atoms with Crippen molar-refractivity contribution >= 4 is 16.5 Å². The number of hydrogen-bond acceptors (Lipinski definition) is 0. The lowest BCUT2D eigenvalue weighted by Gasteiger charge is -2.15. The molecule has 0 radical (unpaired) electrons. The Labute approximate surface area is 81.4 Å². The van der Waals surface area contributed by atoms with Gasteiger partial charge in [-0.25, -0.2) is 0 Å². The minimum Gasteiger partial charge on any atom is -0.118 e. The molecule has 0 aromatic rings. The van der Waals surface area contributed by atoms with Crippen molar-refractivity contribution in [1.29, 1.82) is 0 Å². The average molecular weight is 206 g/mol. The van der Waals surface area contributed by atoms with Crippen molar-refractivity contribution < 1.29 is 0 Å². The first kappa shape index (κ1) is 12.9. The Bertz CT molecular complexity index is 77.9. The van der Waals surface area contributed by atoms with Crippen molar-refractivity contribution in [3.63, 3.8) is 0 Å². The molecular formula is C10H24P2. The molecule has 12 heavy (non-hydrogen) atoms. The zero-order valence-corrected chi connectivity index (χ0v) is 10.8. The van der Waals surface area contributed by atoms with Gasteiger partial charge in [-0.3, -0.25) is 0 Å². The molecule has 0 aliphatic heterocycles. The van der Waals surface area contributed by atoms with E-state index < -0.39 is 0 Å². The molecule has 2 heteroatoms. The van der Waals surface area contributed by atoms with Crippen LogP contribution in [0.1, 0.15) is 40.0 Å². The van der Waals surface area contributed by atoms with Crippen LogP contribution in [-0.4, -0.2) is 24.4 Å². The van der Waals surface area contributed by atoms with Gasteiger partial charge >= 0.3 is 0 Å². The fourth-order valence-electron chi connectivity index (χ4n) is 1.32. The van der Waals surface area contributed by atoms with Crippen molar-refractivity contribution in [2.75, 3.05) is 24.4 Å². The van der Waals surface area contributed by atoms with E-state index in [1.165, 1.54) is 46.3 Å². The van der Waals surface area contributed by atoms with E-state index in [0.29, 0.717) is 7.92 Å². The predicted molar refractivity (Wildman–Crippen MR) is 65.6 cm³/mol. The van der Waals surface area contributed by atoms with Crippen LogP contribution in [0.2, 0.25) is 0 Å². The van der Waals surface area contributed by atoms with Crippen molar-refractivity contribution in [2.45, 2.75) is 40.0 Å². The van der Waals surface area contributed by atoms with Crippen LogP contribution in [0.4, 0.5) is 0 Å². The lowest BCUT2D eigenvalue weighted by Crippen LogP contribution is -1.90. The Morgan fingerprint density at radius 2 is 1.50 bits per heavy atom. The predicted octanol–water partition coefficient (Wildman–Crippen LogP) is 4.33. The summed E-state index contributed by atoms with van der Waals surface area (Å²) in [6.45, 7) is 6.96. The van der Waals surface area contributed by atoms with Crippen molar-refractivity contribution in [1.82, 2.24) is 0 Å². The van der Waals surface area contributed by atoms with Crippen LogP contribution in [0, 0.1) is 0 Å². The highest BCUT2D eigenvalue weighted by molar-refractivity contribution is 7.67. The number of hydrogen-bond donors (Lipinski definition) is 0. The molecule has 0 heterocycles. The molecule has 0 nitrogen and oxygen atoms in total. The van der Waals surface area contributed by atoms with Crippen LogP contribution in [-0.2, 0) is 0 Å². The molecule has 0 N–H and O–H groups in total. The highest BCUT2D eigenvalue weighted by atomic mass is 31.2. The minimum absolute atomic E-state index is 0.440. The SMILES string of the molecule is CCCPCP(CCC)CCC. The Balaban J connectivity index is 3.34. The molecule has 0 rings (SSSR count). The zero-order valence-electron chi connectivity index (χ0n) is 8.90. The third kappa shape index (κ3) is 7.51. The first-order chi connectivity index (χ1) is 5.85. The Kier molecular flexibility index (Phi) is 10.7. The topological polar surface area (TPSA) is 0 Å². The van der Waals surface area contributed by atoms with E-state index in [2.05, 4.69) is 20.8 Å². The molecular weight excluding hydrogens is 182 g/mol. The van der Waals surface area contributed by atoms with Gasteiger partial charge in [0.05, 0.1) is 0 Å². The summed E-state index contributed by atoms with van der Waals surface area (Å²) >= 11 is 0. The van der Waals surface area contributed by atoms with Gasteiger partial charge < -0.3 is 0 Å². The second-order valence-electron chi connectivity index (χ2n) is 3.28. The fourth-order valence-corrected chi connectivity index (χ4v) is 6.32. The average Bonchev–Trinajstić information content (AvgIpc) is 2.06. The minimum atomic E-state index is 0.440. The van der Waals surface area contributed by atoms with Gasteiger partial charge in [0.2, 0.25) is 0 Å². The smallest absolute Gasteiger partial charge is 0.0148 e. The third-order valence-electron chi connectivity index (χ3n) is 1.84. The summed E-state index contributed by atoms with van der Waals surface area (Å²) < 4.78 is 0. The van der Waals surface area contributed by atoms with E-state index in [1.807, 2.05) is 0 Å². The van der Waals surface area contributed by atoms with E-state index in [4.69, 9.17) is 0 Å². The maximum atomic E-state index is 2.33. The maximum Gasteiger partial charge on any atom is -0.0148 e. The summed E-state index contributed by atoms with van der Waals surface area (Å²) in [5.41, 5.74) is 0. The first-order valence-electron chi connectivity index (χ1n) is 5.28. The molecule has 0 amide bonds.